The molecule has 1 atom stereocenters. The summed E-state index contributed by atoms with van der Waals surface area (Å²) < 4.78 is 0. The Kier molecular flexibility index (Phi) is 4.83. The Morgan fingerprint density at radius 2 is 2.00 bits per heavy atom. The van der Waals surface area contributed by atoms with Crippen LogP contribution in [-0.4, -0.2) is 18.9 Å². The highest BCUT2D eigenvalue weighted by Crippen LogP contribution is 2.40. The molecule has 2 nitrogen and oxygen atoms in total. The third-order valence-electron chi connectivity index (χ3n) is 5.11. The molecule has 18 heavy (non-hydrogen) atoms. The van der Waals surface area contributed by atoms with Crippen LogP contribution >= 0.6 is 0 Å². The number of ketones is 1. The quantitative estimate of drug-likeness (QED) is 0.828. The van der Waals surface area contributed by atoms with Crippen LogP contribution in [0.2, 0.25) is 0 Å². The van der Waals surface area contributed by atoms with Gasteiger partial charge in [0.25, 0.3) is 0 Å². The molecule has 1 saturated heterocycles. The van der Waals surface area contributed by atoms with Gasteiger partial charge < -0.3 is 5.32 Å². The molecule has 2 rings (SSSR count). The van der Waals surface area contributed by atoms with E-state index in [-0.39, 0.29) is 5.41 Å². The molecule has 2 heteroatoms. The van der Waals surface area contributed by atoms with Crippen LogP contribution in [0.15, 0.2) is 0 Å². The summed E-state index contributed by atoms with van der Waals surface area (Å²) in [6.07, 6.45) is 9.32. The molecule has 2 fully saturated rings. The molecule has 0 bridgehead atoms. The third-order valence-corrected chi connectivity index (χ3v) is 5.11. The lowest BCUT2D eigenvalue weighted by Gasteiger charge is -2.40. The summed E-state index contributed by atoms with van der Waals surface area (Å²) in [4.78, 5) is 12.9. The number of nitrogens with one attached hydrogen (secondary N) is 1. The van der Waals surface area contributed by atoms with Gasteiger partial charge in [-0.05, 0) is 44.6 Å². The Balaban J connectivity index is 2.03. The average Bonchev–Trinajstić information content (AvgIpc) is 2.40. The van der Waals surface area contributed by atoms with Gasteiger partial charge in [0.1, 0.15) is 5.78 Å². The van der Waals surface area contributed by atoms with Crippen LogP contribution in [0.3, 0.4) is 0 Å². The zero-order valence-electron chi connectivity index (χ0n) is 12.1. The minimum absolute atomic E-state index is 0.0156. The van der Waals surface area contributed by atoms with Crippen molar-refractivity contribution in [1.29, 1.82) is 0 Å². The summed E-state index contributed by atoms with van der Waals surface area (Å²) in [6, 6.07) is 0. The van der Waals surface area contributed by atoms with Gasteiger partial charge in [-0.25, -0.2) is 0 Å². The molecule has 0 aromatic carbocycles. The van der Waals surface area contributed by atoms with Crippen LogP contribution < -0.4 is 5.32 Å². The summed E-state index contributed by atoms with van der Waals surface area (Å²) in [5, 5.41) is 3.47. The van der Waals surface area contributed by atoms with Crippen molar-refractivity contribution in [2.24, 2.45) is 17.3 Å². The van der Waals surface area contributed by atoms with E-state index in [0.29, 0.717) is 11.7 Å². The zero-order valence-corrected chi connectivity index (χ0v) is 12.1. The lowest BCUT2D eigenvalue weighted by Crippen LogP contribution is -2.48. The van der Waals surface area contributed by atoms with Crippen LogP contribution in [0, 0.1) is 17.3 Å². The van der Waals surface area contributed by atoms with Gasteiger partial charge in [0.15, 0.2) is 0 Å². The minimum atomic E-state index is -0.0156. The second kappa shape index (κ2) is 6.18. The molecule has 0 spiro atoms. The fourth-order valence-corrected chi connectivity index (χ4v) is 3.95. The van der Waals surface area contributed by atoms with Gasteiger partial charge in [0, 0.05) is 17.9 Å². The summed E-state index contributed by atoms with van der Waals surface area (Å²) in [6.45, 7) is 6.57. The molecule has 0 radical (unpaired) electrons. The van der Waals surface area contributed by atoms with E-state index in [9.17, 15) is 4.79 Å². The van der Waals surface area contributed by atoms with E-state index >= 15 is 0 Å². The van der Waals surface area contributed by atoms with Crippen molar-refractivity contribution >= 4 is 5.78 Å². The Morgan fingerprint density at radius 3 is 2.56 bits per heavy atom. The Hall–Kier alpha value is -0.370. The Morgan fingerprint density at radius 1 is 1.28 bits per heavy atom. The average molecular weight is 251 g/mol. The Labute approximate surface area is 112 Å². The van der Waals surface area contributed by atoms with Gasteiger partial charge in [-0.1, -0.05) is 33.1 Å². The highest BCUT2D eigenvalue weighted by atomic mass is 16.1. The topological polar surface area (TPSA) is 29.1 Å². The molecule has 0 aromatic rings. The van der Waals surface area contributed by atoms with Crippen molar-refractivity contribution in [3.8, 4) is 0 Å². The normalized spacial score (nSPS) is 37.4. The maximum Gasteiger partial charge on any atom is 0.143 e. The van der Waals surface area contributed by atoms with Gasteiger partial charge in [0.2, 0.25) is 0 Å². The first kappa shape index (κ1) is 14.0. The largest absolute Gasteiger partial charge is 0.316 e. The molecular weight excluding hydrogens is 222 g/mol. The molecule has 2 aliphatic rings. The van der Waals surface area contributed by atoms with Gasteiger partial charge >= 0.3 is 0 Å². The molecule has 0 amide bonds. The standard InChI is InChI=1S/C16H29NO/c1-3-9-16(10-4-11-17-12-16)15(18)14-7-5-13(2)6-8-14/h13-14,17H,3-12H2,1-2H3. The van der Waals surface area contributed by atoms with E-state index in [0.717, 1.165) is 51.1 Å². The van der Waals surface area contributed by atoms with E-state index in [1.54, 1.807) is 0 Å². The van der Waals surface area contributed by atoms with E-state index in [1.807, 2.05) is 0 Å². The molecule has 1 N–H and O–H groups in total. The lowest BCUT2D eigenvalue weighted by atomic mass is 9.66. The van der Waals surface area contributed by atoms with Crippen molar-refractivity contribution in [2.45, 2.75) is 65.2 Å². The van der Waals surface area contributed by atoms with E-state index < -0.39 is 0 Å². The maximum atomic E-state index is 12.9. The summed E-state index contributed by atoms with van der Waals surface area (Å²) >= 11 is 0. The molecular formula is C16H29NO. The van der Waals surface area contributed by atoms with E-state index in [4.69, 9.17) is 0 Å². The zero-order chi connectivity index (χ0) is 13.0. The fraction of sp³-hybridized carbons (Fsp3) is 0.938. The monoisotopic (exact) mass is 251 g/mol. The first-order chi connectivity index (χ1) is 8.68. The summed E-state index contributed by atoms with van der Waals surface area (Å²) in [7, 11) is 0. The highest BCUT2D eigenvalue weighted by Gasteiger charge is 2.42. The number of carbonyl (C=O) groups is 1. The van der Waals surface area contributed by atoms with Crippen molar-refractivity contribution in [1.82, 2.24) is 5.32 Å². The first-order valence-corrected chi connectivity index (χ1v) is 7.93. The van der Waals surface area contributed by atoms with Crippen molar-refractivity contribution in [3.63, 3.8) is 0 Å². The van der Waals surface area contributed by atoms with Gasteiger partial charge in [-0.15, -0.1) is 0 Å². The highest BCUT2D eigenvalue weighted by molar-refractivity contribution is 5.87. The molecule has 1 unspecified atom stereocenters. The minimum Gasteiger partial charge on any atom is -0.316 e. The van der Waals surface area contributed by atoms with Crippen LogP contribution in [0.5, 0.6) is 0 Å². The smallest absolute Gasteiger partial charge is 0.143 e. The van der Waals surface area contributed by atoms with Gasteiger partial charge in [0.05, 0.1) is 0 Å². The number of Topliss-reactive ketones (excluding diaryl/α,β-unsaturated/α-hetero) is 1. The van der Waals surface area contributed by atoms with Crippen molar-refractivity contribution in [2.75, 3.05) is 13.1 Å². The molecule has 0 aromatic heterocycles. The molecule has 1 heterocycles. The maximum absolute atomic E-state index is 12.9. The van der Waals surface area contributed by atoms with Gasteiger partial charge in [-0.2, -0.15) is 0 Å². The third kappa shape index (κ3) is 2.96. The number of carbonyl (C=O) groups excluding carboxylic acids is 1. The second-order valence-electron chi connectivity index (χ2n) is 6.63. The summed E-state index contributed by atoms with van der Waals surface area (Å²) in [5.41, 5.74) is -0.0156. The SMILES string of the molecule is CCCC1(C(=O)C2CCC(C)CC2)CCCNC1. The van der Waals surface area contributed by atoms with E-state index in [2.05, 4.69) is 19.2 Å². The van der Waals surface area contributed by atoms with Crippen LogP contribution in [-0.2, 0) is 4.79 Å². The van der Waals surface area contributed by atoms with Gasteiger partial charge in [-0.3, -0.25) is 4.79 Å². The number of hydrogen-bond acceptors (Lipinski definition) is 2. The molecule has 1 saturated carbocycles. The van der Waals surface area contributed by atoms with E-state index in [1.165, 1.54) is 19.3 Å². The predicted molar refractivity (Wildman–Crippen MR) is 75.6 cm³/mol. The molecule has 104 valence electrons. The van der Waals surface area contributed by atoms with Crippen LogP contribution in [0.25, 0.3) is 0 Å². The van der Waals surface area contributed by atoms with Crippen LogP contribution in [0.1, 0.15) is 65.2 Å². The lowest BCUT2D eigenvalue weighted by molar-refractivity contribution is -0.135. The fourth-order valence-electron chi connectivity index (χ4n) is 3.95. The van der Waals surface area contributed by atoms with Crippen molar-refractivity contribution < 1.29 is 4.79 Å². The Bertz CT molecular complexity index is 267. The summed E-state index contributed by atoms with van der Waals surface area (Å²) in [5.74, 6) is 1.80. The number of hydrogen-bond donors (Lipinski definition) is 1. The molecule has 1 aliphatic carbocycles. The van der Waals surface area contributed by atoms with Crippen molar-refractivity contribution in [3.05, 3.63) is 0 Å². The molecule has 1 aliphatic heterocycles. The first-order valence-electron chi connectivity index (χ1n) is 7.93. The second-order valence-corrected chi connectivity index (χ2v) is 6.63. The number of piperidine rings is 1. The van der Waals surface area contributed by atoms with Crippen LogP contribution in [0.4, 0.5) is 0 Å². The number of rotatable bonds is 4. The predicted octanol–water partition coefficient (Wildman–Crippen LogP) is 3.55.